The molecule has 2 rings (SSSR count). The molecule has 1 aromatic carbocycles. The van der Waals surface area contributed by atoms with Crippen LogP contribution >= 0.6 is 0 Å². The predicted molar refractivity (Wildman–Crippen MR) is 85.5 cm³/mol. The highest BCUT2D eigenvalue weighted by atomic mass is 19.3. The van der Waals surface area contributed by atoms with Gasteiger partial charge in [0.15, 0.2) is 0 Å². The lowest BCUT2D eigenvalue weighted by atomic mass is 9.83. The maximum atomic E-state index is 14.3. The van der Waals surface area contributed by atoms with Crippen LogP contribution in [0.5, 0.6) is 0 Å². The molecule has 0 saturated heterocycles. The van der Waals surface area contributed by atoms with Crippen LogP contribution in [0.4, 0.5) is 13.2 Å². The summed E-state index contributed by atoms with van der Waals surface area (Å²) >= 11 is 0. The normalized spacial score (nSPS) is 20.9. The maximum Gasteiger partial charge on any atom is 0.336 e. The van der Waals surface area contributed by atoms with Crippen molar-refractivity contribution in [3.63, 3.8) is 0 Å². The summed E-state index contributed by atoms with van der Waals surface area (Å²) in [6.07, 6.45) is 0.0951. The Bertz CT molecular complexity index is 670. The van der Waals surface area contributed by atoms with Crippen molar-refractivity contribution in [2.75, 3.05) is 14.2 Å². The van der Waals surface area contributed by atoms with E-state index in [0.717, 1.165) is 0 Å². The number of hydrogen-bond donors (Lipinski definition) is 1. The van der Waals surface area contributed by atoms with Crippen LogP contribution in [0.1, 0.15) is 49.7 Å². The topological polar surface area (TPSA) is 38.3 Å². The van der Waals surface area contributed by atoms with Crippen LogP contribution in [0.2, 0.25) is 0 Å². The molecular weight excluding hydrogens is 319 g/mol. The zero-order valence-corrected chi connectivity index (χ0v) is 14.3. The van der Waals surface area contributed by atoms with Crippen molar-refractivity contribution < 1.29 is 22.7 Å². The van der Waals surface area contributed by atoms with Crippen molar-refractivity contribution in [1.29, 1.82) is 0 Å². The van der Waals surface area contributed by atoms with Crippen molar-refractivity contribution in [2.24, 2.45) is 0 Å². The Morgan fingerprint density at radius 1 is 1.46 bits per heavy atom. The number of methoxy groups -OCH3 is 1. The summed E-state index contributed by atoms with van der Waals surface area (Å²) in [7, 11) is 2.92. The zero-order valence-electron chi connectivity index (χ0n) is 14.3. The first-order valence-electron chi connectivity index (χ1n) is 7.91. The number of esters is 1. The van der Waals surface area contributed by atoms with Crippen LogP contribution in [-0.4, -0.2) is 26.0 Å². The van der Waals surface area contributed by atoms with Gasteiger partial charge in [0.05, 0.1) is 18.6 Å². The third kappa shape index (κ3) is 3.28. The van der Waals surface area contributed by atoms with Gasteiger partial charge in [-0.1, -0.05) is 19.1 Å². The number of alkyl halides is 2. The third-order valence-corrected chi connectivity index (χ3v) is 4.58. The van der Waals surface area contributed by atoms with Gasteiger partial charge in [0, 0.05) is 30.6 Å². The van der Waals surface area contributed by atoms with Gasteiger partial charge in [0.25, 0.3) is 5.92 Å². The van der Waals surface area contributed by atoms with Crippen molar-refractivity contribution >= 4 is 5.97 Å². The Hall–Kier alpha value is -1.98. The molecule has 0 radical (unpaired) electrons. The van der Waals surface area contributed by atoms with Gasteiger partial charge >= 0.3 is 5.97 Å². The first-order chi connectivity index (χ1) is 11.3. The second-order valence-corrected chi connectivity index (χ2v) is 6.00. The number of benzene rings is 1. The molecule has 24 heavy (non-hydrogen) atoms. The molecule has 1 N–H and O–H groups in total. The van der Waals surface area contributed by atoms with Crippen LogP contribution in [0, 0.1) is 5.82 Å². The molecule has 1 fully saturated rings. The maximum absolute atomic E-state index is 14.3. The minimum Gasteiger partial charge on any atom is -0.466 e. The molecule has 1 aromatic rings. The molecule has 1 aliphatic carbocycles. The third-order valence-electron chi connectivity index (χ3n) is 4.58. The highest BCUT2D eigenvalue weighted by Crippen LogP contribution is 2.58. The van der Waals surface area contributed by atoms with Gasteiger partial charge in [-0.25, -0.2) is 18.0 Å². The molecule has 0 aliphatic heterocycles. The van der Waals surface area contributed by atoms with Crippen LogP contribution in [0.15, 0.2) is 29.5 Å². The van der Waals surface area contributed by atoms with E-state index in [1.54, 1.807) is 20.0 Å². The number of halogens is 3. The Labute approximate surface area is 139 Å². The summed E-state index contributed by atoms with van der Waals surface area (Å²) in [6.45, 7) is 3.54. The second-order valence-electron chi connectivity index (χ2n) is 6.00. The highest BCUT2D eigenvalue weighted by molar-refractivity contribution is 5.91. The smallest absolute Gasteiger partial charge is 0.336 e. The van der Waals surface area contributed by atoms with Crippen molar-refractivity contribution in [2.45, 2.75) is 44.4 Å². The molecular formula is C18H22F3NO2. The van der Waals surface area contributed by atoms with Crippen molar-refractivity contribution in [3.05, 3.63) is 46.4 Å². The lowest BCUT2D eigenvalue weighted by molar-refractivity contribution is -0.136. The minimum atomic E-state index is -2.89. The van der Waals surface area contributed by atoms with Crippen LogP contribution < -0.4 is 5.32 Å². The SMILES string of the molecule is CCC(/C(C(=O)OC)=C(/C)NC)c1cccc(F)c1C1CC1(F)F. The van der Waals surface area contributed by atoms with Gasteiger partial charge < -0.3 is 10.1 Å². The molecule has 1 aliphatic rings. The van der Waals surface area contributed by atoms with Gasteiger partial charge in [-0.3, -0.25) is 0 Å². The number of allylic oxidation sites excluding steroid dienone is 1. The van der Waals surface area contributed by atoms with Crippen LogP contribution in [0.3, 0.4) is 0 Å². The summed E-state index contributed by atoms with van der Waals surface area (Å²) in [6, 6.07) is 4.29. The van der Waals surface area contributed by atoms with E-state index in [-0.39, 0.29) is 12.0 Å². The van der Waals surface area contributed by atoms with E-state index >= 15 is 0 Å². The molecule has 0 amide bonds. The van der Waals surface area contributed by atoms with Crippen LogP contribution in [0.25, 0.3) is 0 Å². The number of hydrogen-bond acceptors (Lipinski definition) is 3. The van der Waals surface area contributed by atoms with E-state index < -0.39 is 29.5 Å². The number of carbonyl (C=O) groups excluding carboxylic acids is 1. The molecule has 2 atom stereocenters. The standard InChI is InChI=1S/C18H22F3NO2/c1-5-11(15(10(2)22-3)17(23)24-4)12-7-6-8-14(19)16(12)13-9-18(13,20)21/h6-8,11,13,22H,5,9H2,1-4H3/b15-10+. The molecule has 1 saturated carbocycles. The average Bonchev–Trinajstić information content (AvgIpc) is 3.18. The van der Waals surface area contributed by atoms with Gasteiger partial charge in [-0.15, -0.1) is 0 Å². The zero-order chi connectivity index (χ0) is 18.1. The molecule has 132 valence electrons. The van der Waals surface area contributed by atoms with Crippen molar-refractivity contribution in [3.8, 4) is 0 Å². The summed E-state index contributed by atoms with van der Waals surface area (Å²) in [4.78, 5) is 12.2. The lowest BCUT2D eigenvalue weighted by Gasteiger charge is -2.23. The summed E-state index contributed by atoms with van der Waals surface area (Å²) < 4.78 is 46.3. The van der Waals surface area contributed by atoms with E-state index in [9.17, 15) is 18.0 Å². The molecule has 3 nitrogen and oxygen atoms in total. The first kappa shape index (κ1) is 18.4. The lowest BCUT2D eigenvalue weighted by Crippen LogP contribution is -2.21. The monoisotopic (exact) mass is 341 g/mol. The Balaban J connectivity index is 2.60. The van der Waals surface area contributed by atoms with Gasteiger partial charge in [0.2, 0.25) is 0 Å². The fourth-order valence-electron chi connectivity index (χ4n) is 3.13. The Morgan fingerprint density at radius 3 is 2.54 bits per heavy atom. The molecule has 6 heteroatoms. The highest BCUT2D eigenvalue weighted by Gasteiger charge is 2.59. The van der Waals surface area contributed by atoms with Crippen LogP contribution in [-0.2, 0) is 9.53 Å². The molecule has 0 heterocycles. The van der Waals surface area contributed by atoms with E-state index in [1.807, 2.05) is 6.92 Å². The number of rotatable bonds is 6. The molecule has 2 unspecified atom stereocenters. The minimum absolute atomic E-state index is 0.0136. The van der Waals surface area contributed by atoms with E-state index in [0.29, 0.717) is 23.3 Å². The number of carbonyl (C=O) groups is 1. The molecule has 0 spiro atoms. The fourth-order valence-corrected chi connectivity index (χ4v) is 3.13. The van der Waals surface area contributed by atoms with Gasteiger partial charge in [0.1, 0.15) is 5.82 Å². The molecule has 0 aromatic heterocycles. The predicted octanol–water partition coefficient (Wildman–Crippen LogP) is 4.11. The summed E-state index contributed by atoms with van der Waals surface area (Å²) in [5.74, 6) is -5.74. The second kappa shape index (κ2) is 6.87. The number of nitrogens with one attached hydrogen (secondary N) is 1. The Morgan fingerprint density at radius 2 is 2.08 bits per heavy atom. The van der Waals surface area contributed by atoms with Gasteiger partial charge in [-0.05, 0) is 25.0 Å². The van der Waals surface area contributed by atoms with E-state index in [4.69, 9.17) is 4.74 Å². The summed E-state index contributed by atoms with van der Waals surface area (Å²) in [5, 5.41) is 2.90. The van der Waals surface area contributed by atoms with Crippen molar-refractivity contribution in [1.82, 2.24) is 5.32 Å². The number of ether oxygens (including phenoxy) is 1. The van der Waals surface area contributed by atoms with E-state index in [2.05, 4.69) is 5.32 Å². The fraction of sp³-hybridized carbons (Fsp3) is 0.500. The molecule has 0 bridgehead atoms. The average molecular weight is 341 g/mol. The largest absolute Gasteiger partial charge is 0.466 e. The Kier molecular flexibility index (Phi) is 5.26. The van der Waals surface area contributed by atoms with Gasteiger partial charge in [-0.2, -0.15) is 0 Å². The first-order valence-corrected chi connectivity index (χ1v) is 7.91. The quantitative estimate of drug-likeness (QED) is 0.625. The van der Waals surface area contributed by atoms with E-state index in [1.165, 1.54) is 19.2 Å². The summed E-state index contributed by atoms with van der Waals surface area (Å²) in [5.41, 5.74) is 1.35.